The molecule has 0 atom stereocenters. The Bertz CT molecular complexity index is 640. The first-order valence-corrected chi connectivity index (χ1v) is 5.94. The summed E-state index contributed by atoms with van der Waals surface area (Å²) in [6, 6.07) is 16.1. The lowest BCUT2D eigenvalue weighted by atomic mass is 10.1. The van der Waals surface area contributed by atoms with Crippen LogP contribution in [0, 0.1) is 11.3 Å². The molecule has 0 amide bonds. The van der Waals surface area contributed by atoms with E-state index in [4.69, 9.17) is 11.0 Å². The van der Waals surface area contributed by atoms with Gasteiger partial charge in [0.05, 0.1) is 5.56 Å². The van der Waals surface area contributed by atoms with Crippen molar-refractivity contribution in [3.8, 4) is 6.07 Å². The molecule has 0 aromatic heterocycles. The number of nitrogens with zero attached hydrogens (tertiary/aromatic N) is 2. The molecular weight excluding hydrogens is 222 g/mol. The second-order valence-electron chi connectivity index (χ2n) is 4.41. The first-order chi connectivity index (χ1) is 8.79. The van der Waals surface area contributed by atoms with E-state index in [1.165, 1.54) is 11.3 Å². The quantitative estimate of drug-likeness (QED) is 0.773. The SMILES string of the molecule is N#Cc1cc(N2CCc3ccccc32)ccc1N. The molecule has 2 aromatic rings. The molecule has 88 valence electrons. The molecule has 3 heteroatoms. The number of fused-ring (bicyclic) bond motifs is 1. The van der Waals surface area contributed by atoms with Crippen LogP contribution in [-0.2, 0) is 6.42 Å². The molecule has 1 aliphatic rings. The van der Waals surface area contributed by atoms with Gasteiger partial charge < -0.3 is 10.6 Å². The second kappa shape index (κ2) is 4.08. The van der Waals surface area contributed by atoms with E-state index in [2.05, 4.69) is 29.2 Å². The molecule has 2 N–H and O–H groups in total. The third kappa shape index (κ3) is 1.59. The van der Waals surface area contributed by atoms with Gasteiger partial charge in [-0.1, -0.05) is 18.2 Å². The number of para-hydroxylation sites is 1. The van der Waals surface area contributed by atoms with Gasteiger partial charge in [-0.2, -0.15) is 5.26 Å². The molecule has 0 aliphatic carbocycles. The van der Waals surface area contributed by atoms with Gasteiger partial charge in [-0.15, -0.1) is 0 Å². The van der Waals surface area contributed by atoms with Gasteiger partial charge in [0.15, 0.2) is 0 Å². The first kappa shape index (κ1) is 10.7. The monoisotopic (exact) mass is 235 g/mol. The number of nitrogen functional groups attached to an aromatic ring is 1. The Labute approximate surface area is 106 Å². The zero-order valence-electron chi connectivity index (χ0n) is 9.93. The molecular formula is C15H13N3. The first-order valence-electron chi connectivity index (χ1n) is 5.94. The Morgan fingerprint density at radius 3 is 2.83 bits per heavy atom. The predicted molar refractivity (Wildman–Crippen MR) is 72.7 cm³/mol. The van der Waals surface area contributed by atoms with Gasteiger partial charge in [0, 0.05) is 23.6 Å². The van der Waals surface area contributed by atoms with Crippen molar-refractivity contribution in [3.63, 3.8) is 0 Å². The summed E-state index contributed by atoms with van der Waals surface area (Å²) in [5, 5.41) is 9.03. The molecule has 0 saturated carbocycles. The number of hydrogen-bond acceptors (Lipinski definition) is 3. The van der Waals surface area contributed by atoms with Crippen molar-refractivity contribution in [3.05, 3.63) is 53.6 Å². The second-order valence-corrected chi connectivity index (χ2v) is 4.41. The van der Waals surface area contributed by atoms with Crippen LogP contribution in [0.1, 0.15) is 11.1 Å². The van der Waals surface area contributed by atoms with Gasteiger partial charge in [-0.3, -0.25) is 0 Å². The van der Waals surface area contributed by atoms with Crippen LogP contribution in [0.15, 0.2) is 42.5 Å². The highest BCUT2D eigenvalue weighted by Gasteiger charge is 2.20. The van der Waals surface area contributed by atoms with Crippen molar-refractivity contribution in [1.29, 1.82) is 5.26 Å². The summed E-state index contributed by atoms with van der Waals surface area (Å²) in [6.45, 7) is 0.953. The van der Waals surface area contributed by atoms with Crippen LogP contribution in [-0.4, -0.2) is 6.54 Å². The Morgan fingerprint density at radius 1 is 1.17 bits per heavy atom. The summed E-state index contributed by atoms with van der Waals surface area (Å²) in [5.41, 5.74) is 10.4. The van der Waals surface area contributed by atoms with E-state index in [0.29, 0.717) is 11.3 Å². The van der Waals surface area contributed by atoms with Crippen LogP contribution in [0.3, 0.4) is 0 Å². The van der Waals surface area contributed by atoms with E-state index in [9.17, 15) is 0 Å². The summed E-state index contributed by atoms with van der Waals surface area (Å²) < 4.78 is 0. The fourth-order valence-electron chi connectivity index (χ4n) is 2.42. The van der Waals surface area contributed by atoms with Gasteiger partial charge in [0.1, 0.15) is 6.07 Å². The van der Waals surface area contributed by atoms with Gasteiger partial charge >= 0.3 is 0 Å². The van der Waals surface area contributed by atoms with Crippen LogP contribution >= 0.6 is 0 Å². The minimum Gasteiger partial charge on any atom is -0.398 e. The molecule has 0 saturated heterocycles. The Balaban J connectivity index is 2.05. The van der Waals surface area contributed by atoms with Gasteiger partial charge in [-0.05, 0) is 36.2 Å². The summed E-state index contributed by atoms with van der Waals surface area (Å²) in [4.78, 5) is 2.23. The Hall–Kier alpha value is -2.47. The number of hydrogen-bond donors (Lipinski definition) is 1. The fourth-order valence-corrected chi connectivity index (χ4v) is 2.42. The highest BCUT2D eigenvalue weighted by molar-refractivity contribution is 5.73. The van der Waals surface area contributed by atoms with E-state index in [-0.39, 0.29) is 0 Å². The zero-order valence-corrected chi connectivity index (χ0v) is 9.93. The molecule has 18 heavy (non-hydrogen) atoms. The molecule has 0 radical (unpaired) electrons. The maximum absolute atomic E-state index is 9.03. The highest BCUT2D eigenvalue weighted by Crippen LogP contribution is 2.35. The standard InChI is InChI=1S/C15H13N3/c16-10-12-9-13(5-6-14(12)17)18-8-7-11-3-1-2-4-15(11)18/h1-6,9H,7-8,17H2. The summed E-state index contributed by atoms with van der Waals surface area (Å²) in [5.74, 6) is 0. The molecule has 3 rings (SSSR count). The largest absolute Gasteiger partial charge is 0.398 e. The highest BCUT2D eigenvalue weighted by atomic mass is 15.2. The lowest BCUT2D eigenvalue weighted by Crippen LogP contribution is -2.13. The summed E-state index contributed by atoms with van der Waals surface area (Å²) in [6.07, 6.45) is 1.04. The lowest BCUT2D eigenvalue weighted by Gasteiger charge is -2.20. The normalized spacial score (nSPS) is 13.2. The van der Waals surface area contributed by atoms with E-state index >= 15 is 0 Å². The third-order valence-electron chi connectivity index (χ3n) is 3.36. The van der Waals surface area contributed by atoms with Crippen molar-refractivity contribution in [2.24, 2.45) is 0 Å². The van der Waals surface area contributed by atoms with E-state index < -0.39 is 0 Å². The summed E-state index contributed by atoms with van der Waals surface area (Å²) >= 11 is 0. The Kier molecular flexibility index (Phi) is 2.42. The predicted octanol–water partition coefficient (Wildman–Crippen LogP) is 2.83. The molecule has 0 unspecified atom stereocenters. The van der Waals surface area contributed by atoms with Gasteiger partial charge in [0.2, 0.25) is 0 Å². The topological polar surface area (TPSA) is 53.0 Å². The number of anilines is 3. The minimum atomic E-state index is 0.536. The maximum atomic E-state index is 9.03. The van der Waals surface area contributed by atoms with E-state index in [1.807, 2.05) is 18.2 Å². The molecule has 0 bridgehead atoms. The molecule has 0 fully saturated rings. The van der Waals surface area contributed by atoms with Crippen molar-refractivity contribution in [2.75, 3.05) is 17.2 Å². The van der Waals surface area contributed by atoms with Gasteiger partial charge in [0.25, 0.3) is 0 Å². The van der Waals surface area contributed by atoms with Crippen molar-refractivity contribution in [1.82, 2.24) is 0 Å². The minimum absolute atomic E-state index is 0.536. The van der Waals surface area contributed by atoms with Crippen molar-refractivity contribution < 1.29 is 0 Å². The molecule has 0 spiro atoms. The lowest BCUT2D eigenvalue weighted by molar-refractivity contribution is 0.998. The van der Waals surface area contributed by atoms with Crippen LogP contribution in [0.25, 0.3) is 0 Å². The third-order valence-corrected chi connectivity index (χ3v) is 3.36. The van der Waals surface area contributed by atoms with Crippen LogP contribution in [0.4, 0.5) is 17.1 Å². The van der Waals surface area contributed by atoms with Crippen LogP contribution in [0.5, 0.6) is 0 Å². The zero-order chi connectivity index (χ0) is 12.5. The van der Waals surface area contributed by atoms with Crippen molar-refractivity contribution in [2.45, 2.75) is 6.42 Å². The molecule has 2 aromatic carbocycles. The van der Waals surface area contributed by atoms with E-state index in [1.54, 1.807) is 6.07 Å². The summed E-state index contributed by atoms with van der Waals surface area (Å²) in [7, 11) is 0. The molecule has 1 aliphatic heterocycles. The number of benzene rings is 2. The maximum Gasteiger partial charge on any atom is 0.101 e. The van der Waals surface area contributed by atoms with Crippen molar-refractivity contribution >= 4 is 17.1 Å². The average molecular weight is 235 g/mol. The van der Waals surface area contributed by atoms with Gasteiger partial charge in [-0.25, -0.2) is 0 Å². The molecule has 3 nitrogen and oxygen atoms in total. The smallest absolute Gasteiger partial charge is 0.101 e. The Morgan fingerprint density at radius 2 is 2.00 bits per heavy atom. The van der Waals surface area contributed by atoms with Crippen LogP contribution < -0.4 is 10.6 Å². The number of nitriles is 1. The molecule has 1 heterocycles. The number of rotatable bonds is 1. The van der Waals surface area contributed by atoms with Crippen LogP contribution in [0.2, 0.25) is 0 Å². The van der Waals surface area contributed by atoms with E-state index in [0.717, 1.165) is 18.7 Å². The number of nitrogens with two attached hydrogens (primary N) is 1. The fraction of sp³-hybridized carbons (Fsp3) is 0.133. The average Bonchev–Trinajstić information content (AvgIpc) is 2.83.